The second-order valence-electron chi connectivity index (χ2n) is 5.69. The van der Waals surface area contributed by atoms with Crippen LogP contribution in [0.25, 0.3) is 0 Å². The van der Waals surface area contributed by atoms with Gasteiger partial charge >= 0.3 is 17.9 Å². The largest absolute Gasteiger partial charge is 0.444 e. The molecule has 1 heterocycles. The number of nitrogens with one attached hydrogen (secondary N) is 2. The Balaban J connectivity index is 2.38. The maximum atomic E-state index is 11.8. The maximum Gasteiger partial charge on any atom is 0.410 e. The van der Waals surface area contributed by atoms with Crippen LogP contribution >= 0.6 is 0 Å². The molecule has 1 rings (SSSR count). The molecule has 0 atom stereocenters. The summed E-state index contributed by atoms with van der Waals surface area (Å²) in [5, 5.41) is 2.57. The molecule has 0 aromatic rings. The third-order valence-corrected chi connectivity index (χ3v) is 2.82. The molecule has 0 unspecified atom stereocenters. The summed E-state index contributed by atoms with van der Waals surface area (Å²) >= 11 is 0. The van der Waals surface area contributed by atoms with Gasteiger partial charge in [-0.15, -0.1) is 0 Å². The van der Waals surface area contributed by atoms with Crippen molar-refractivity contribution in [2.24, 2.45) is 5.84 Å². The van der Waals surface area contributed by atoms with Crippen molar-refractivity contribution >= 4 is 17.9 Å². The molecule has 1 fully saturated rings. The zero-order chi connectivity index (χ0) is 15.3. The second-order valence-corrected chi connectivity index (χ2v) is 5.69. The molecule has 0 radical (unpaired) electrons. The Morgan fingerprint density at radius 1 is 1.15 bits per heavy atom. The van der Waals surface area contributed by atoms with Crippen LogP contribution in [0.2, 0.25) is 0 Å². The van der Waals surface area contributed by atoms with Gasteiger partial charge in [0.1, 0.15) is 5.60 Å². The van der Waals surface area contributed by atoms with Crippen LogP contribution < -0.4 is 16.6 Å². The molecule has 8 heteroatoms. The van der Waals surface area contributed by atoms with Crippen LogP contribution in [0.15, 0.2) is 0 Å². The number of carbonyl (C=O) groups excluding carboxylic acids is 3. The van der Waals surface area contributed by atoms with E-state index in [2.05, 4.69) is 5.32 Å². The Morgan fingerprint density at radius 3 is 2.15 bits per heavy atom. The quantitative estimate of drug-likeness (QED) is 0.260. The monoisotopic (exact) mass is 286 g/mol. The summed E-state index contributed by atoms with van der Waals surface area (Å²) in [6.45, 7) is 6.38. The Labute approximate surface area is 118 Å². The lowest BCUT2D eigenvalue weighted by Gasteiger charge is -2.33. The van der Waals surface area contributed by atoms with Crippen molar-refractivity contribution in [1.82, 2.24) is 15.6 Å². The van der Waals surface area contributed by atoms with Crippen LogP contribution in [0.4, 0.5) is 4.79 Å². The van der Waals surface area contributed by atoms with Crippen LogP contribution in [0.3, 0.4) is 0 Å². The zero-order valence-electron chi connectivity index (χ0n) is 12.1. The fourth-order valence-electron chi connectivity index (χ4n) is 1.85. The first-order valence-corrected chi connectivity index (χ1v) is 6.52. The van der Waals surface area contributed by atoms with Crippen LogP contribution in [0.1, 0.15) is 33.6 Å². The van der Waals surface area contributed by atoms with Gasteiger partial charge in [0.05, 0.1) is 0 Å². The van der Waals surface area contributed by atoms with Crippen LogP contribution in [-0.4, -0.2) is 47.5 Å². The molecule has 1 aliphatic rings. The number of ether oxygens (including phenoxy) is 1. The fourth-order valence-corrected chi connectivity index (χ4v) is 1.85. The smallest absolute Gasteiger partial charge is 0.410 e. The van der Waals surface area contributed by atoms with Gasteiger partial charge in [0.2, 0.25) is 0 Å². The number of nitrogens with zero attached hydrogens (tertiary/aromatic N) is 1. The number of carbonyl (C=O) groups is 3. The average molecular weight is 286 g/mol. The molecule has 1 saturated heterocycles. The first-order valence-electron chi connectivity index (χ1n) is 6.52. The van der Waals surface area contributed by atoms with Crippen molar-refractivity contribution < 1.29 is 19.1 Å². The van der Waals surface area contributed by atoms with E-state index < -0.39 is 17.4 Å². The van der Waals surface area contributed by atoms with Gasteiger partial charge in [-0.25, -0.2) is 10.6 Å². The molecular weight excluding hydrogens is 264 g/mol. The molecule has 8 nitrogen and oxygen atoms in total. The minimum Gasteiger partial charge on any atom is -0.444 e. The van der Waals surface area contributed by atoms with Crippen molar-refractivity contribution in [3.05, 3.63) is 0 Å². The zero-order valence-corrected chi connectivity index (χ0v) is 12.1. The minimum atomic E-state index is -0.875. The first-order chi connectivity index (χ1) is 9.23. The van der Waals surface area contributed by atoms with Crippen LogP contribution in [-0.2, 0) is 14.3 Å². The molecular formula is C12H22N4O4. The summed E-state index contributed by atoms with van der Waals surface area (Å²) < 4.78 is 5.27. The van der Waals surface area contributed by atoms with Gasteiger partial charge in [0, 0.05) is 19.1 Å². The third kappa shape index (κ3) is 5.04. The van der Waals surface area contributed by atoms with Gasteiger partial charge in [-0.05, 0) is 33.6 Å². The van der Waals surface area contributed by atoms with E-state index in [0.717, 1.165) is 0 Å². The highest BCUT2D eigenvalue weighted by Crippen LogP contribution is 2.15. The molecule has 1 aliphatic heterocycles. The lowest BCUT2D eigenvalue weighted by atomic mass is 10.1. The van der Waals surface area contributed by atoms with Crippen molar-refractivity contribution in [3.8, 4) is 0 Å². The molecule has 0 aliphatic carbocycles. The summed E-state index contributed by atoms with van der Waals surface area (Å²) in [6, 6.07) is -0.140. The molecule has 114 valence electrons. The van der Waals surface area contributed by atoms with E-state index in [-0.39, 0.29) is 12.1 Å². The van der Waals surface area contributed by atoms with E-state index in [9.17, 15) is 14.4 Å². The third-order valence-electron chi connectivity index (χ3n) is 2.82. The molecule has 0 aromatic heterocycles. The standard InChI is InChI=1S/C12H22N4O4/c1-12(2,3)20-11(19)16-6-4-8(5-7-16)14-9(17)10(18)15-13/h8H,4-7,13H2,1-3H3,(H,14,17)(H,15,18). The van der Waals surface area contributed by atoms with E-state index >= 15 is 0 Å². The van der Waals surface area contributed by atoms with E-state index in [1.165, 1.54) is 0 Å². The highest BCUT2D eigenvalue weighted by molar-refractivity contribution is 6.34. The average Bonchev–Trinajstić information content (AvgIpc) is 2.36. The molecule has 0 saturated carbocycles. The molecule has 0 aromatic carbocycles. The second kappa shape index (κ2) is 6.56. The minimum absolute atomic E-state index is 0.140. The SMILES string of the molecule is CC(C)(C)OC(=O)N1CCC(NC(=O)C(=O)NN)CC1. The van der Waals surface area contributed by atoms with Gasteiger partial charge in [-0.1, -0.05) is 0 Å². The Bertz CT molecular complexity index is 383. The molecule has 0 bridgehead atoms. The van der Waals surface area contributed by atoms with Gasteiger partial charge in [0.15, 0.2) is 0 Å². The van der Waals surface area contributed by atoms with Gasteiger partial charge < -0.3 is 15.0 Å². The molecule has 20 heavy (non-hydrogen) atoms. The highest BCUT2D eigenvalue weighted by Gasteiger charge is 2.28. The normalized spacial score (nSPS) is 16.5. The lowest BCUT2D eigenvalue weighted by molar-refractivity contribution is -0.139. The Morgan fingerprint density at radius 2 is 1.70 bits per heavy atom. The number of hydrogen-bond acceptors (Lipinski definition) is 5. The van der Waals surface area contributed by atoms with E-state index in [1.54, 1.807) is 10.3 Å². The first kappa shape index (κ1) is 16.2. The van der Waals surface area contributed by atoms with Crippen molar-refractivity contribution in [1.29, 1.82) is 0 Å². The lowest BCUT2D eigenvalue weighted by Crippen LogP contribution is -2.51. The van der Waals surface area contributed by atoms with Gasteiger partial charge in [-0.2, -0.15) is 0 Å². The van der Waals surface area contributed by atoms with Crippen molar-refractivity contribution in [2.75, 3.05) is 13.1 Å². The maximum absolute atomic E-state index is 11.8. The Hall–Kier alpha value is -1.83. The summed E-state index contributed by atoms with van der Waals surface area (Å²) in [7, 11) is 0. The van der Waals surface area contributed by atoms with Crippen LogP contribution in [0, 0.1) is 0 Å². The van der Waals surface area contributed by atoms with Gasteiger partial charge in [-0.3, -0.25) is 15.0 Å². The number of hydrogen-bond donors (Lipinski definition) is 3. The number of likely N-dealkylation sites (tertiary alicyclic amines) is 1. The van der Waals surface area contributed by atoms with E-state index in [1.807, 2.05) is 20.8 Å². The van der Waals surface area contributed by atoms with Crippen molar-refractivity contribution in [2.45, 2.75) is 45.3 Å². The number of amides is 3. The number of nitrogens with two attached hydrogens (primary N) is 1. The predicted molar refractivity (Wildman–Crippen MR) is 71.3 cm³/mol. The predicted octanol–water partition coefficient (Wildman–Crippen LogP) is -0.508. The Kier molecular flexibility index (Phi) is 5.32. The summed E-state index contributed by atoms with van der Waals surface area (Å²) in [5.41, 5.74) is 1.25. The molecule has 4 N–H and O–H groups in total. The van der Waals surface area contributed by atoms with E-state index in [4.69, 9.17) is 10.6 Å². The number of piperidine rings is 1. The summed E-state index contributed by atoms with van der Waals surface area (Å²) in [4.78, 5) is 35.7. The topological polar surface area (TPSA) is 114 Å². The number of rotatable bonds is 1. The number of hydrazine groups is 1. The molecule has 3 amide bonds. The summed E-state index contributed by atoms with van der Waals surface area (Å²) in [5.74, 6) is 3.23. The highest BCUT2D eigenvalue weighted by atomic mass is 16.6. The summed E-state index contributed by atoms with van der Waals surface area (Å²) in [6.07, 6.45) is 0.785. The van der Waals surface area contributed by atoms with E-state index in [0.29, 0.717) is 25.9 Å². The van der Waals surface area contributed by atoms with Crippen LogP contribution in [0.5, 0.6) is 0 Å². The van der Waals surface area contributed by atoms with Crippen molar-refractivity contribution in [3.63, 3.8) is 0 Å². The fraction of sp³-hybridized carbons (Fsp3) is 0.750. The van der Waals surface area contributed by atoms with Gasteiger partial charge in [0.25, 0.3) is 0 Å². The molecule has 0 spiro atoms.